The quantitative estimate of drug-likeness (QED) is 0.941. The second kappa shape index (κ2) is 5.62. The van der Waals surface area contributed by atoms with Gasteiger partial charge in [-0.2, -0.15) is 0 Å². The van der Waals surface area contributed by atoms with Gasteiger partial charge >= 0.3 is 0 Å². The van der Waals surface area contributed by atoms with E-state index in [4.69, 9.17) is 4.42 Å². The molecule has 1 aliphatic rings. The third-order valence-corrected chi connectivity index (χ3v) is 4.35. The lowest BCUT2D eigenvalue weighted by molar-refractivity contribution is 0.0794. The Labute approximate surface area is 126 Å². The molecular weight excluding hydrogens is 262 g/mol. The van der Waals surface area contributed by atoms with Gasteiger partial charge < -0.3 is 9.73 Å². The van der Waals surface area contributed by atoms with Crippen LogP contribution in [0.15, 0.2) is 40.9 Å². The van der Waals surface area contributed by atoms with Crippen molar-refractivity contribution in [3.05, 3.63) is 53.7 Å². The minimum atomic E-state index is -0.0323. The Morgan fingerprint density at radius 3 is 2.81 bits per heavy atom. The van der Waals surface area contributed by atoms with Gasteiger partial charge in [0.1, 0.15) is 5.76 Å². The van der Waals surface area contributed by atoms with Crippen molar-refractivity contribution in [2.45, 2.75) is 38.9 Å². The van der Waals surface area contributed by atoms with Crippen molar-refractivity contribution >= 4 is 0 Å². The van der Waals surface area contributed by atoms with E-state index in [0.29, 0.717) is 6.04 Å². The Morgan fingerprint density at radius 1 is 1.38 bits per heavy atom. The van der Waals surface area contributed by atoms with Gasteiger partial charge in [-0.25, -0.2) is 4.98 Å². The van der Waals surface area contributed by atoms with Crippen molar-refractivity contribution in [1.29, 1.82) is 0 Å². The van der Waals surface area contributed by atoms with Crippen LogP contribution in [0.2, 0.25) is 0 Å². The Bertz CT molecular complexity index is 595. The fourth-order valence-corrected chi connectivity index (χ4v) is 2.98. The molecule has 1 aromatic heterocycles. The smallest absolute Gasteiger partial charge is 0.208 e. The lowest BCUT2D eigenvalue weighted by atomic mass is 9.88. The van der Waals surface area contributed by atoms with Gasteiger partial charge in [0.25, 0.3) is 0 Å². The van der Waals surface area contributed by atoms with Crippen molar-refractivity contribution in [2.24, 2.45) is 0 Å². The standard InChI is InChI=1S/C17H23N3O/c1-13-9-19-17(3,15-7-5-4-6-8-15)12-20(13)11-16-18-10-14(2)21-16/h4-8,10,13,19H,9,11-12H2,1-3H3. The number of aryl methyl sites for hydroxylation is 1. The maximum Gasteiger partial charge on any atom is 0.208 e. The second-order valence-electron chi connectivity index (χ2n) is 6.20. The molecule has 2 aromatic rings. The topological polar surface area (TPSA) is 41.3 Å². The van der Waals surface area contributed by atoms with Crippen LogP contribution in [-0.2, 0) is 12.1 Å². The van der Waals surface area contributed by atoms with Crippen molar-refractivity contribution < 1.29 is 4.42 Å². The average Bonchev–Trinajstić information content (AvgIpc) is 2.89. The van der Waals surface area contributed by atoms with Crippen LogP contribution in [0.25, 0.3) is 0 Å². The van der Waals surface area contributed by atoms with Crippen LogP contribution in [0.5, 0.6) is 0 Å². The summed E-state index contributed by atoms with van der Waals surface area (Å²) in [7, 11) is 0. The highest BCUT2D eigenvalue weighted by Crippen LogP contribution is 2.27. The lowest BCUT2D eigenvalue weighted by Gasteiger charge is -2.45. The zero-order valence-electron chi connectivity index (χ0n) is 13.0. The molecule has 0 radical (unpaired) electrons. The molecule has 2 atom stereocenters. The van der Waals surface area contributed by atoms with E-state index in [1.807, 2.05) is 6.92 Å². The van der Waals surface area contributed by atoms with E-state index in [1.54, 1.807) is 6.20 Å². The lowest BCUT2D eigenvalue weighted by Crippen LogP contribution is -2.59. The summed E-state index contributed by atoms with van der Waals surface area (Å²) in [5.41, 5.74) is 1.29. The number of benzene rings is 1. The Kier molecular flexibility index (Phi) is 3.83. The number of hydrogen-bond donors (Lipinski definition) is 1. The summed E-state index contributed by atoms with van der Waals surface area (Å²) in [6.45, 7) is 9.12. The van der Waals surface area contributed by atoms with Gasteiger partial charge in [0.05, 0.1) is 18.3 Å². The molecule has 112 valence electrons. The molecule has 4 nitrogen and oxygen atoms in total. The highest BCUT2D eigenvalue weighted by Gasteiger charge is 2.35. The molecule has 0 spiro atoms. The number of piperazine rings is 1. The fourth-order valence-electron chi connectivity index (χ4n) is 2.98. The molecule has 2 heterocycles. The fraction of sp³-hybridized carbons (Fsp3) is 0.471. The molecule has 0 saturated carbocycles. The van der Waals surface area contributed by atoms with Crippen LogP contribution in [0.4, 0.5) is 0 Å². The van der Waals surface area contributed by atoms with E-state index < -0.39 is 0 Å². The first-order chi connectivity index (χ1) is 10.1. The molecule has 2 unspecified atom stereocenters. The SMILES string of the molecule is Cc1cnc(CN2CC(C)(c3ccccc3)NCC2C)o1. The summed E-state index contributed by atoms with van der Waals surface area (Å²) in [6.07, 6.45) is 1.79. The molecule has 4 heteroatoms. The zero-order valence-corrected chi connectivity index (χ0v) is 13.0. The minimum absolute atomic E-state index is 0.0323. The van der Waals surface area contributed by atoms with Gasteiger partial charge in [0.2, 0.25) is 5.89 Å². The second-order valence-corrected chi connectivity index (χ2v) is 6.20. The van der Waals surface area contributed by atoms with Crippen molar-refractivity contribution in [3.8, 4) is 0 Å². The van der Waals surface area contributed by atoms with Gasteiger partial charge in [-0.3, -0.25) is 4.90 Å². The van der Waals surface area contributed by atoms with E-state index in [0.717, 1.165) is 31.3 Å². The number of oxazole rings is 1. The summed E-state index contributed by atoms with van der Waals surface area (Å²) >= 11 is 0. The number of nitrogens with zero attached hydrogens (tertiary/aromatic N) is 2. The summed E-state index contributed by atoms with van der Waals surface area (Å²) < 4.78 is 5.64. The van der Waals surface area contributed by atoms with Crippen LogP contribution in [-0.4, -0.2) is 29.0 Å². The number of nitrogens with one attached hydrogen (secondary N) is 1. The van der Waals surface area contributed by atoms with Crippen molar-refractivity contribution in [3.63, 3.8) is 0 Å². The summed E-state index contributed by atoms with van der Waals surface area (Å²) in [5.74, 6) is 1.68. The maximum atomic E-state index is 5.64. The van der Waals surface area contributed by atoms with E-state index in [9.17, 15) is 0 Å². The molecule has 1 fully saturated rings. The van der Waals surface area contributed by atoms with Crippen LogP contribution < -0.4 is 5.32 Å². The molecule has 21 heavy (non-hydrogen) atoms. The number of hydrogen-bond acceptors (Lipinski definition) is 4. The van der Waals surface area contributed by atoms with E-state index >= 15 is 0 Å². The normalized spacial score (nSPS) is 26.9. The van der Waals surface area contributed by atoms with Crippen LogP contribution >= 0.6 is 0 Å². The monoisotopic (exact) mass is 285 g/mol. The minimum Gasteiger partial charge on any atom is -0.445 e. The third-order valence-electron chi connectivity index (χ3n) is 4.35. The summed E-state index contributed by atoms with van der Waals surface area (Å²) in [6, 6.07) is 11.1. The molecule has 0 bridgehead atoms. The Hall–Kier alpha value is -1.65. The van der Waals surface area contributed by atoms with E-state index in [-0.39, 0.29) is 5.54 Å². The molecule has 0 aliphatic carbocycles. The summed E-state index contributed by atoms with van der Waals surface area (Å²) in [5, 5.41) is 3.69. The molecule has 1 saturated heterocycles. The predicted molar refractivity (Wildman–Crippen MR) is 82.9 cm³/mol. The first-order valence-electron chi connectivity index (χ1n) is 7.53. The first-order valence-corrected chi connectivity index (χ1v) is 7.53. The van der Waals surface area contributed by atoms with Gasteiger partial charge in [-0.05, 0) is 26.3 Å². The summed E-state index contributed by atoms with van der Waals surface area (Å²) in [4.78, 5) is 6.78. The third kappa shape index (κ3) is 3.01. The molecular formula is C17H23N3O. The van der Waals surface area contributed by atoms with E-state index in [1.165, 1.54) is 5.56 Å². The Balaban J connectivity index is 1.78. The van der Waals surface area contributed by atoms with Gasteiger partial charge in [0, 0.05) is 19.1 Å². The van der Waals surface area contributed by atoms with Gasteiger partial charge in [0.15, 0.2) is 0 Å². The predicted octanol–water partition coefficient (Wildman–Crippen LogP) is 2.69. The molecule has 1 N–H and O–H groups in total. The number of rotatable bonds is 3. The zero-order chi connectivity index (χ0) is 14.9. The van der Waals surface area contributed by atoms with Gasteiger partial charge in [-0.1, -0.05) is 30.3 Å². The maximum absolute atomic E-state index is 5.64. The molecule has 3 rings (SSSR count). The first kappa shape index (κ1) is 14.3. The van der Waals surface area contributed by atoms with Crippen molar-refractivity contribution in [2.75, 3.05) is 13.1 Å². The number of aromatic nitrogens is 1. The highest BCUT2D eigenvalue weighted by molar-refractivity contribution is 5.25. The largest absolute Gasteiger partial charge is 0.445 e. The van der Waals surface area contributed by atoms with Crippen LogP contribution in [0.3, 0.4) is 0 Å². The Morgan fingerprint density at radius 2 is 2.14 bits per heavy atom. The van der Waals surface area contributed by atoms with Crippen molar-refractivity contribution in [1.82, 2.24) is 15.2 Å². The molecule has 1 aromatic carbocycles. The van der Waals surface area contributed by atoms with Crippen LogP contribution in [0.1, 0.15) is 31.1 Å². The van der Waals surface area contributed by atoms with Crippen LogP contribution in [0, 0.1) is 6.92 Å². The van der Waals surface area contributed by atoms with E-state index in [2.05, 4.69) is 59.4 Å². The highest BCUT2D eigenvalue weighted by atomic mass is 16.4. The average molecular weight is 285 g/mol. The molecule has 1 aliphatic heterocycles. The molecule has 0 amide bonds. The van der Waals surface area contributed by atoms with Gasteiger partial charge in [-0.15, -0.1) is 0 Å².